The maximum absolute atomic E-state index is 11.6. The second kappa shape index (κ2) is 10.6. The number of hydrogen-bond donors (Lipinski definition) is 2. The van der Waals surface area contributed by atoms with Crippen LogP contribution >= 0.6 is 11.3 Å². The Morgan fingerprint density at radius 2 is 1.93 bits per heavy atom. The Morgan fingerprint density at radius 3 is 2.52 bits per heavy atom. The van der Waals surface area contributed by atoms with Gasteiger partial charge >= 0.3 is 12.1 Å². The first kappa shape index (κ1) is 21.7. The molecule has 0 aromatic carbocycles. The van der Waals surface area contributed by atoms with E-state index in [0.29, 0.717) is 12.8 Å². The smallest absolute Gasteiger partial charge is 0.408 e. The molecule has 1 heterocycles. The first-order valence-corrected chi connectivity index (χ1v) is 10.9. The number of carboxylic acids is 1. The molecule has 0 saturated heterocycles. The summed E-state index contributed by atoms with van der Waals surface area (Å²) in [5, 5.41) is 22.0. The van der Waals surface area contributed by atoms with E-state index >= 15 is 0 Å². The van der Waals surface area contributed by atoms with Crippen LogP contribution in [-0.4, -0.2) is 44.7 Å². The minimum Gasteiger partial charge on any atom is -0.480 e. The highest BCUT2D eigenvalue weighted by Crippen LogP contribution is 2.28. The third-order valence-electron chi connectivity index (χ3n) is 5.30. The van der Waals surface area contributed by atoms with Crippen LogP contribution in [0.25, 0.3) is 0 Å². The highest BCUT2D eigenvalue weighted by Gasteiger charge is 2.30. The van der Waals surface area contributed by atoms with Crippen molar-refractivity contribution in [1.29, 1.82) is 0 Å². The molecule has 1 aromatic rings. The summed E-state index contributed by atoms with van der Waals surface area (Å²) in [6.07, 6.45) is 8.48. The van der Waals surface area contributed by atoms with Crippen molar-refractivity contribution in [3.63, 3.8) is 0 Å². The van der Waals surface area contributed by atoms with E-state index in [0.717, 1.165) is 27.9 Å². The van der Waals surface area contributed by atoms with Crippen LogP contribution in [0.15, 0.2) is 5.38 Å². The zero-order valence-electron chi connectivity index (χ0n) is 16.4. The normalized spacial score (nSPS) is 16.4. The lowest BCUT2D eigenvalue weighted by molar-refractivity contribution is -0.143. The maximum atomic E-state index is 11.6. The van der Waals surface area contributed by atoms with Gasteiger partial charge < -0.3 is 10.2 Å². The molecular weight excluding hydrogens is 364 g/mol. The third-order valence-corrected chi connectivity index (χ3v) is 6.26. The first-order chi connectivity index (χ1) is 12.9. The molecule has 1 atom stereocenters. The summed E-state index contributed by atoms with van der Waals surface area (Å²) in [6.45, 7) is 3.95. The molecule has 6 nitrogen and oxygen atoms in total. The molecule has 0 spiro atoms. The van der Waals surface area contributed by atoms with Crippen LogP contribution in [0.4, 0.5) is 4.79 Å². The fraction of sp³-hybridized carbons (Fsp3) is 0.750. The largest absolute Gasteiger partial charge is 0.480 e. The highest BCUT2D eigenvalue weighted by molar-refractivity contribution is 7.09. The molecule has 0 aliphatic heterocycles. The summed E-state index contributed by atoms with van der Waals surface area (Å²) in [5.74, 6) is -0.155. The van der Waals surface area contributed by atoms with Crippen molar-refractivity contribution in [2.75, 3.05) is 6.54 Å². The van der Waals surface area contributed by atoms with E-state index in [1.807, 2.05) is 19.2 Å². The number of carbonyl (C=O) groups is 2. The monoisotopic (exact) mass is 396 g/mol. The van der Waals surface area contributed by atoms with E-state index in [1.165, 1.54) is 38.5 Å². The predicted molar refractivity (Wildman–Crippen MR) is 106 cm³/mol. The zero-order valence-corrected chi connectivity index (χ0v) is 17.2. The zero-order chi connectivity index (χ0) is 19.8. The molecule has 1 amide bonds. The van der Waals surface area contributed by atoms with Crippen molar-refractivity contribution in [3.8, 4) is 0 Å². The van der Waals surface area contributed by atoms with Gasteiger partial charge in [0.2, 0.25) is 0 Å². The molecule has 2 rings (SSSR count). The van der Waals surface area contributed by atoms with Gasteiger partial charge in [-0.05, 0) is 31.1 Å². The lowest BCUT2D eigenvalue weighted by Crippen LogP contribution is -2.46. The van der Waals surface area contributed by atoms with Gasteiger partial charge in [0, 0.05) is 18.3 Å². The van der Waals surface area contributed by atoms with Crippen molar-refractivity contribution in [1.82, 2.24) is 9.88 Å². The predicted octanol–water partition coefficient (Wildman–Crippen LogP) is 4.68. The van der Waals surface area contributed by atoms with E-state index < -0.39 is 18.1 Å². The molecule has 1 aromatic heterocycles. The van der Waals surface area contributed by atoms with Gasteiger partial charge in [0.1, 0.15) is 6.04 Å². The summed E-state index contributed by atoms with van der Waals surface area (Å²) >= 11 is 1.63. The van der Waals surface area contributed by atoms with E-state index in [2.05, 4.69) is 4.98 Å². The van der Waals surface area contributed by atoms with Crippen molar-refractivity contribution in [2.24, 2.45) is 11.8 Å². The third kappa shape index (κ3) is 7.13. The van der Waals surface area contributed by atoms with E-state index in [4.69, 9.17) is 0 Å². The standard InChI is InChI=1S/C20H32N2O4S/c1-14(2)12-17(19(23)24)22(20(25)26)11-10-16-13-27-18(21-16)9-8-15-6-4-3-5-7-15/h13-15,17H,3-12H2,1-2H3,(H,23,24)(H,25,26). The van der Waals surface area contributed by atoms with Gasteiger partial charge in [-0.25, -0.2) is 14.6 Å². The van der Waals surface area contributed by atoms with Crippen LogP contribution in [0, 0.1) is 11.8 Å². The SMILES string of the molecule is CC(C)CC(C(=O)O)N(CCc1csc(CCC2CCCCC2)n1)C(=O)O. The quantitative estimate of drug-likeness (QED) is 0.599. The average molecular weight is 397 g/mol. The van der Waals surface area contributed by atoms with Gasteiger partial charge in [0.25, 0.3) is 0 Å². The number of rotatable bonds is 10. The van der Waals surface area contributed by atoms with Crippen LogP contribution in [-0.2, 0) is 17.6 Å². The van der Waals surface area contributed by atoms with Crippen LogP contribution in [0.5, 0.6) is 0 Å². The summed E-state index contributed by atoms with van der Waals surface area (Å²) < 4.78 is 0. The van der Waals surface area contributed by atoms with E-state index in [1.54, 1.807) is 11.3 Å². The molecule has 1 saturated carbocycles. The van der Waals surface area contributed by atoms with Crippen molar-refractivity contribution in [2.45, 2.75) is 77.7 Å². The number of thiazole rings is 1. The van der Waals surface area contributed by atoms with E-state index in [-0.39, 0.29) is 12.5 Å². The minimum absolute atomic E-state index is 0.110. The topological polar surface area (TPSA) is 90.7 Å². The molecule has 1 fully saturated rings. The Hall–Kier alpha value is -1.63. The first-order valence-electron chi connectivity index (χ1n) is 10.0. The molecule has 0 bridgehead atoms. The number of hydrogen-bond acceptors (Lipinski definition) is 4. The lowest BCUT2D eigenvalue weighted by Gasteiger charge is -2.27. The second-order valence-corrected chi connectivity index (χ2v) is 8.93. The maximum Gasteiger partial charge on any atom is 0.408 e. The van der Waals surface area contributed by atoms with Crippen LogP contribution in [0.2, 0.25) is 0 Å². The van der Waals surface area contributed by atoms with Gasteiger partial charge in [0.05, 0.1) is 10.7 Å². The average Bonchev–Trinajstić information content (AvgIpc) is 3.07. The van der Waals surface area contributed by atoms with Crippen molar-refractivity contribution in [3.05, 3.63) is 16.1 Å². The molecule has 0 radical (unpaired) electrons. The molecule has 1 aliphatic carbocycles. The Bertz CT molecular complexity index is 611. The molecule has 7 heteroatoms. The van der Waals surface area contributed by atoms with Gasteiger partial charge in [-0.2, -0.15) is 0 Å². The number of aromatic nitrogens is 1. The molecule has 152 valence electrons. The number of amides is 1. The fourth-order valence-corrected chi connectivity index (χ4v) is 4.66. The van der Waals surface area contributed by atoms with Gasteiger partial charge in [-0.3, -0.25) is 4.90 Å². The van der Waals surface area contributed by atoms with Crippen LogP contribution < -0.4 is 0 Å². The van der Waals surface area contributed by atoms with Gasteiger partial charge in [-0.1, -0.05) is 46.0 Å². The lowest BCUT2D eigenvalue weighted by atomic mass is 9.86. The number of aliphatic carboxylic acids is 1. The highest BCUT2D eigenvalue weighted by atomic mass is 32.1. The number of nitrogens with zero attached hydrogens (tertiary/aromatic N) is 2. The van der Waals surface area contributed by atoms with Crippen molar-refractivity contribution < 1.29 is 19.8 Å². The van der Waals surface area contributed by atoms with E-state index in [9.17, 15) is 19.8 Å². The molecule has 1 unspecified atom stereocenters. The summed E-state index contributed by atoms with van der Waals surface area (Å²) in [6, 6.07) is -1.01. The van der Waals surface area contributed by atoms with Gasteiger partial charge in [0.15, 0.2) is 0 Å². The number of carboxylic acid groups (broad SMARTS) is 2. The Balaban J connectivity index is 1.88. The van der Waals surface area contributed by atoms with Crippen molar-refractivity contribution >= 4 is 23.4 Å². The van der Waals surface area contributed by atoms with Gasteiger partial charge in [-0.15, -0.1) is 11.3 Å². The Kier molecular flexibility index (Phi) is 8.54. The van der Waals surface area contributed by atoms with Crippen LogP contribution in [0.1, 0.15) is 69.5 Å². The molecule has 2 N–H and O–H groups in total. The minimum atomic E-state index is -1.18. The molecule has 27 heavy (non-hydrogen) atoms. The fourth-order valence-electron chi connectivity index (χ4n) is 3.81. The number of aryl methyl sites for hydroxylation is 1. The Labute approximate surface area is 165 Å². The second-order valence-electron chi connectivity index (χ2n) is 7.98. The molecular formula is C20H32N2O4S. The Morgan fingerprint density at radius 1 is 1.22 bits per heavy atom. The summed E-state index contributed by atoms with van der Waals surface area (Å²) in [7, 11) is 0. The van der Waals surface area contributed by atoms with Crippen LogP contribution in [0.3, 0.4) is 0 Å². The summed E-state index contributed by atoms with van der Waals surface area (Å²) in [5.41, 5.74) is 0.860. The summed E-state index contributed by atoms with van der Waals surface area (Å²) in [4.78, 5) is 28.8. The molecule has 1 aliphatic rings.